The minimum atomic E-state index is -0.480. The van der Waals surface area contributed by atoms with Gasteiger partial charge in [-0.15, -0.1) is 0 Å². The van der Waals surface area contributed by atoms with Gasteiger partial charge in [0.1, 0.15) is 12.1 Å². The molecule has 9 heteroatoms. The first-order valence-electron chi connectivity index (χ1n) is 10.8. The number of pyridine rings is 1. The number of hydrogen-bond acceptors (Lipinski definition) is 5. The van der Waals surface area contributed by atoms with Crippen LogP contribution in [0.4, 0.5) is 5.69 Å². The molecular formula is C24H23ClN4O4. The first-order valence-corrected chi connectivity index (χ1v) is 11.2. The number of nitrogens with zero attached hydrogens (tertiary/aromatic N) is 2. The monoisotopic (exact) mass is 466 g/mol. The Morgan fingerprint density at radius 2 is 1.85 bits per heavy atom. The summed E-state index contributed by atoms with van der Waals surface area (Å²) in [6.07, 6.45) is 1.48. The first-order chi connectivity index (χ1) is 16.0. The maximum atomic E-state index is 13.4. The van der Waals surface area contributed by atoms with Crippen LogP contribution in [0, 0.1) is 0 Å². The summed E-state index contributed by atoms with van der Waals surface area (Å²) in [6.45, 7) is 3.88. The molecule has 5 rings (SSSR count). The van der Waals surface area contributed by atoms with E-state index in [1.807, 2.05) is 24.3 Å². The summed E-state index contributed by atoms with van der Waals surface area (Å²) < 4.78 is 7.09. The highest BCUT2D eigenvalue weighted by molar-refractivity contribution is 6.30. The highest BCUT2D eigenvalue weighted by Crippen LogP contribution is 2.28. The maximum absolute atomic E-state index is 13.4. The molecule has 2 N–H and O–H groups in total. The number of nitrogens with one attached hydrogen (secondary N) is 2. The number of amides is 2. The van der Waals surface area contributed by atoms with Gasteiger partial charge in [0.15, 0.2) is 0 Å². The molecule has 3 aromatic rings. The van der Waals surface area contributed by atoms with Gasteiger partial charge in [0.2, 0.25) is 11.3 Å². The maximum Gasteiger partial charge on any atom is 0.257 e. The number of carbonyl (C=O) groups is 2. The fourth-order valence-corrected chi connectivity index (χ4v) is 4.44. The van der Waals surface area contributed by atoms with Crippen LogP contribution in [0.2, 0.25) is 5.02 Å². The molecule has 2 aromatic carbocycles. The Labute approximate surface area is 195 Å². The number of rotatable bonds is 5. The highest BCUT2D eigenvalue weighted by Gasteiger charge is 2.24. The molecular weight excluding hydrogens is 444 g/mol. The lowest BCUT2D eigenvalue weighted by Gasteiger charge is -2.27. The number of ether oxygens (including phenoxy) is 1. The summed E-state index contributed by atoms with van der Waals surface area (Å²) >= 11 is 5.91. The van der Waals surface area contributed by atoms with Gasteiger partial charge in [0, 0.05) is 42.8 Å². The van der Waals surface area contributed by atoms with E-state index in [-0.39, 0.29) is 30.0 Å². The molecule has 33 heavy (non-hydrogen) atoms. The molecule has 3 heterocycles. The standard InChI is InChI=1S/C24H23ClN4O4/c25-17-3-1-15(2-4-17)11-26-24(32)19-13-29-14-21(30)27-20-10-16(9-18(22(20)29)23(19)31)12-28-5-7-33-8-6-28/h1-4,9-10,13H,5-8,11-12,14H2,(H,26,32)(H,27,30). The second-order valence-electron chi connectivity index (χ2n) is 8.29. The predicted molar refractivity (Wildman–Crippen MR) is 126 cm³/mol. The quantitative estimate of drug-likeness (QED) is 0.602. The van der Waals surface area contributed by atoms with Crippen molar-refractivity contribution >= 4 is 40.0 Å². The normalized spacial score (nSPS) is 16.0. The molecule has 8 nitrogen and oxygen atoms in total. The second kappa shape index (κ2) is 8.97. The number of aromatic nitrogens is 1. The average molecular weight is 467 g/mol. The third-order valence-electron chi connectivity index (χ3n) is 5.94. The number of anilines is 1. The van der Waals surface area contributed by atoms with Gasteiger partial charge in [0.25, 0.3) is 5.91 Å². The third-order valence-corrected chi connectivity index (χ3v) is 6.19. The van der Waals surface area contributed by atoms with Crippen molar-refractivity contribution in [1.29, 1.82) is 0 Å². The topological polar surface area (TPSA) is 92.7 Å². The van der Waals surface area contributed by atoms with Gasteiger partial charge < -0.3 is 19.9 Å². The number of benzene rings is 2. The molecule has 0 spiro atoms. The molecule has 0 aliphatic carbocycles. The lowest BCUT2D eigenvalue weighted by Crippen LogP contribution is -2.36. The Hall–Kier alpha value is -3.20. The summed E-state index contributed by atoms with van der Waals surface area (Å²) in [7, 11) is 0. The van der Waals surface area contributed by atoms with Crippen LogP contribution in [-0.4, -0.2) is 47.6 Å². The van der Waals surface area contributed by atoms with Gasteiger partial charge in [-0.25, -0.2) is 0 Å². The zero-order valence-corrected chi connectivity index (χ0v) is 18.7. The fourth-order valence-electron chi connectivity index (χ4n) is 4.32. The van der Waals surface area contributed by atoms with Gasteiger partial charge in [-0.3, -0.25) is 19.3 Å². The third kappa shape index (κ3) is 4.50. The van der Waals surface area contributed by atoms with Crippen molar-refractivity contribution in [2.24, 2.45) is 0 Å². The predicted octanol–water partition coefficient (Wildman–Crippen LogP) is 2.37. The van der Waals surface area contributed by atoms with Crippen LogP contribution in [0.1, 0.15) is 21.5 Å². The van der Waals surface area contributed by atoms with Crippen molar-refractivity contribution in [2.75, 3.05) is 31.6 Å². The van der Waals surface area contributed by atoms with Crippen molar-refractivity contribution in [3.63, 3.8) is 0 Å². The zero-order valence-electron chi connectivity index (χ0n) is 17.9. The van der Waals surface area contributed by atoms with Crippen LogP contribution < -0.4 is 16.1 Å². The van der Waals surface area contributed by atoms with E-state index >= 15 is 0 Å². The molecule has 0 unspecified atom stereocenters. The van der Waals surface area contributed by atoms with E-state index in [9.17, 15) is 14.4 Å². The van der Waals surface area contributed by atoms with Crippen molar-refractivity contribution in [1.82, 2.24) is 14.8 Å². The fraction of sp³-hybridized carbons (Fsp3) is 0.292. The van der Waals surface area contributed by atoms with Crippen LogP contribution in [0.5, 0.6) is 0 Å². The molecule has 0 atom stereocenters. The smallest absolute Gasteiger partial charge is 0.257 e. The van der Waals surface area contributed by atoms with Gasteiger partial charge >= 0.3 is 0 Å². The number of morpholine rings is 1. The molecule has 1 fully saturated rings. The first kappa shape index (κ1) is 21.6. The van der Waals surface area contributed by atoms with Crippen LogP contribution in [0.15, 0.2) is 47.4 Å². The number of hydrogen-bond donors (Lipinski definition) is 2. The van der Waals surface area contributed by atoms with Crippen LogP contribution in [0.25, 0.3) is 10.9 Å². The minimum Gasteiger partial charge on any atom is -0.379 e. The van der Waals surface area contributed by atoms with E-state index in [4.69, 9.17) is 16.3 Å². The van der Waals surface area contributed by atoms with Gasteiger partial charge in [0.05, 0.1) is 24.4 Å². The van der Waals surface area contributed by atoms with Gasteiger partial charge in [-0.05, 0) is 35.4 Å². The van der Waals surface area contributed by atoms with Crippen LogP contribution in [0.3, 0.4) is 0 Å². The minimum absolute atomic E-state index is 0.0145. The second-order valence-corrected chi connectivity index (χ2v) is 8.72. The molecule has 0 bridgehead atoms. The molecule has 0 saturated carbocycles. The van der Waals surface area contributed by atoms with E-state index in [0.29, 0.717) is 41.4 Å². The molecule has 170 valence electrons. The Balaban J connectivity index is 1.49. The number of halogens is 1. The van der Waals surface area contributed by atoms with E-state index < -0.39 is 5.91 Å². The van der Waals surface area contributed by atoms with Crippen molar-refractivity contribution in [3.8, 4) is 0 Å². The summed E-state index contributed by atoms with van der Waals surface area (Å²) in [5.41, 5.74) is 2.67. The lowest BCUT2D eigenvalue weighted by atomic mass is 10.0. The van der Waals surface area contributed by atoms with E-state index in [1.54, 1.807) is 16.7 Å². The van der Waals surface area contributed by atoms with Gasteiger partial charge in [-0.1, -0.05) is 23.7 Å². The molecule has 1 aromatic heterocycles. The van der Waals surface area contributed by atoms with Crippen molar-refractivity contribution in [3.05, 3.63) is 74.5 Å². The molecule has 0 radical (unpaired) electrons. The average Bonchev–Trinajstić information content (AvgIpc) is 2.81. The highest BCUT2D eigenvalue weighted by atomic mass is 35.5. The Bertz CT molecular complexity index is 1300. The Morgan fingerprint density at radius 3 is 2.61 bits per heavy atom. The lowest BCUT2D eigenvalue weighted by molar-refractivity contribution is -0.116. The van der Waals surface area contributed by atoms with E-state index in [0.717, 1.165) is 24.2 Å². The van der Waals surface area contributed by atoms with Gasteiger partial charge in [-0.2, -0.15) is 0 Å². The molecule has 2 amide bonds. The molecule has 1 saturated heterocycles. The number of carbonyl (C=O) groups excluding carboxylic acids is 2. The Kier molecular flexibility index (Phi) is 5.88. The largest absolute Gasteiger partial charge is 0.379 e. The Morgan fingerprint density at radius 1 is 1.09 bits per heavy atom. The van der Waals surface area contributed by atoms with E-state index in [1.165, 1.54) is 6.20 Å². The van der Waals surface area contributed by atoms with Crippen LogP contribution in [-0.2, 0) is 29.2 Å². The van der Waals surface area contributed by atoms with Crippen LogP contribution >= 0.6 is 11.6 Å². The summed E-state index contributed by atoms with van der Waals surface area (Å²) in [5.74, 6) is -0.671. The van der Waals surface area contributed by atoms with E-state index in [2.05, 4.69) is 15.5 Å². The summed E-state index contributed by atoms with van der Waals surface area (Å²) in [4.78, 5) is 40.9. The van der Waals surface area contributed by atoms with Crippen molar-refractivity contribution < 1.29 is 14.3 Å². The molecule has 2 aliphatic rings. The molecule has 2 aliphatic heterocycles. The summed E-state index contributed by atoms with van der Waals surface area (Å²) in [6, 6.07) is 10.9. The zero-order chi connectivity index (χ0) is 22.9. The SMILES string of the molecule is O=C1Cn2cc(C(=O)NCc3ccc(Cl)cc3)c(=O)c3cc(CN4CCOCC4)cc(c32)N1. The summed E-state index contributed by atoms with van der Waals surface area (Å²) in [5, 5.41) is 6.71. The van der Waals surface area contributed by atoms with Crippen molar-refractivity contribution in [2.45, 2.75) is 19.6 Å².